The Labute approximate surface area is 115 Å². The van der Waals surface area contributed by atoms with E-state index in [0.29, 0.717) is 5.92 Å². The van der Waals surface area contributed by atoms with Gasteiger partial charge in [0.1, 0.15) is 0 Å². The molecule has 104 valence electrons. The standard InChI is InChI=1S/C16H23NO2/c1-12(2)14-5-3-13(4-6-14)11-17-9-7-15(8-10-17)16(18)19/h3-6,12,15H,7-11H2,1-2H3,(H,18,19). The summed E-state index contributed by atoms with van der Waals surface area (Å²) in [5.41, 5.74) is 2.69. The second-order valence-corrected chi connectivity index (χ2v) is 5.78. The Bertz CT molecular complexity index is 417. The number of carboxylic acids is 1. The lowest BCUT2D eigenvalue weighted by molar-refractivity contribution is -0.143. The average Bonchev–Trinajstić information content (AvgIpc) is 2.40. The fourth-order valence-electron chi connectivity index (χ4n) is 2.60. The number of rotatable bonds is 4. The van der Waals surface area contributed by atoms with Crippen molar-refractivity contribution in [1.29, 1.82) is 0 Å². The van der Waals surface area contributed by atoms with E-state index in [-0.39, 0.29) is 5.92 Å². The quantitative estimate of drug-likeness (QED) is 0.905. The van der Waals surface area contributed by atoms with Crippen molar-refractivity contribution < 1.29 is 9.90 Å². The molecule has 1 aliphatic heterocycles. The van der Waals surface area contributed by atoms with Crippen molar-refractivity contribution in [3.8, 4) is 0 Å². The van der Waals surface area contributed by atoms with Gasteiger partial charge in [-0.25, -0.2) is 0 Å². The molecule has 3 heteroatoms. The highest BCUT2D eigenvalue weighted by Gasteiger charge is 2.24. The minimum absolute atomic E-state index is 0.139. The summed E-state index contributed by atoms with van der Waals surface area (Å²) >= 11 is 0. The number of hydrogen-bond acceptors (Lipinski definition) is 2. The molecule has 0 aliphatic carbocycles. The van der Waals surface area contributed by atoms with E-state index in [1.807, 2.05) is 0 Å². The zero-order chi connectivity index (χ0) is 13.8. The average molecular weight is 261 g/mol. The lowest BCUT2D eigenvalue weighted by Gasteiger charge is -2.30. The molecular formula is C16H23NO2. The molecule has 2 rings (SSSR count). The Morgan fingerprint density at radius 1 is 1.26 bits per heavy atom. The van der Waals surface area contributed by atoms with E-state index in [4.69, 9.17) is 5.11 Å². The largest absolute Gasteiger partial charge is 0.481 e. The van der Waals surface area contributed by atoms with Gasteiger partial charge in [-0.3, -0.25) is 9.69 Å². The first-order valence-electron chi connectivity index (χ1n) is 7.10. The third kappa shape index (κ3) is 3.80. The second kappa shape index (κ2) is 6.20. The molecule has 1 aliphatic rings. The zero-order valence-electron chi connectivity index (χ0n) is 11.8. The SMILES string of the molecule is CC(C)c1ccc(CN2CCC(C(=O)O)CC2)cc1. The van der Waals surface area contributed by atoms with Gasteiger partial charge in [0.15, 0.2) is 0 Å². The molecule has 1 aromatic carbocycles. The molecule has 1 N–H and O–H groups in total. The fourth-order valence-corrected chi connectivity index (χ4v) is 2.60. The number of aliphatic carboxylic acids is 1. The van der Waals surface area contributed by atoms with Gasteiger partial charge in [-0.15, -0.1) is 0 Å². The van der Waals surface area contributed by atoms with E-state index < -0.39 is 5.97 Å². The first-order chi connectivity index (χ1) is 9.06. The number of likely N-dealkylation sites (tertiary alicyclic amines) is 1. The van der Waals surface area contributed by atoms with Gasteiger partial charge in [-0.1, -0.05) is 38.1 Å². The molecule has 0 spiro atoms. The van der Waals surface area contributed by atoms with Crippen LogP contribution in [0, 0.1) is 5.92 Å². The van der Waals surface area contributed by atoms with Crippen molar-refractivity contribution in [3.05, 3.63) is 35.4 Å². The van der Waals surface area contributed by atoms with Crippen LogP contribution in [-0.2, 0) is 11.3 Å². The molecular weight excluding hydrogens is 238 g/mol. The number of hydrogen-bond donors (Lipinski definition) is 1. The Morgan fingerprint density at radius 3 is 2.32 bits per heavy atom. The normalized spacial score (nSPS) is 17.8. The highest BCUT2D eigenvalue weighted by molar-refractivity contribution is 5.70. The maximum atomic E-state index is 10.9. The second-order valence-electron chi connectivity index (χ2n) is 5.78. The van der Waals surface area contributed by atoms with Crippen LogP contribution in [0.25, 0.3) is 0 Å². The highest BCUT2D eigenvalue weighted by atomic mass is 16.4. The number of carbonyl (C=O) groups is 1. The number of piperidine rings is 1. The third-order valence-corrected chi connectivity index (χ3v) is 3.99. The minimum atomic E-state index is -0.638. The highest BCUT2D eigenvalue weighted by Crippen LogP contribution is 2.20. The van der Waals surface area contributed by atoms with E-state index in [0.717, 1.165) is 32.5 Å². The van der Waals surface area contributed by atoms with Gasteiger partial charge in [0.05, 0.1) is 5.92 Å². The summed E-state index contributed by atoms with van der Waals surface area (Å²) in [7, 11) is 0. The summed E-state index contributed by atoms with van der Waals surface area (Å²) in [4.78, 5) is 13.3. The molecule has 0 unspecified atom stereocenters. The molecule has 0 atom stereocenters. The molecule has 0 radical (unpaired) electrons. The maximum absolute atomic E-state index is 10.9. The van der Waals surface area contributed by atoms with E-state index in [9.17, 15) is 4.79 Å². The van der Waals surface area contributed by atoms with Gasteiger partial charge in [0.25, 0.3) is 0 Å². The monoisotopic (exact) mass is 261 g/mol. The predicted octanol–water partition coefficient (Wildman–Crippen LogP) is 3.11. The summed E-state index contributed by atoms with van der Waals surface area (Å²) in [6, 6.07) is 8.78. The predicted molar refractivity (Wildman–Crippen MR) is 76.2 cm³/mol. The van der Waals surface area contributed by atoms with Gasteiger partial charge in [-0.2, -0.15) is 0 Å². The van der Waals surface area contributed by atoms with Gasteiger partial charge in [0.2, 0.25) is 0 Å². The van der Waals surface area contributed by atoms with Gasteiger partial charge >= 0.3 is 5.97 Å². The topological polar surface area (TPSA) is 40.5 Å². The molecule has 1 heterocycles. The first kappa shape index (κ1) is 14.1. The third-order valence-electron chi connectivity index (χ3n) is 3.99. The smallest absolute Gasteiger partial charge is 0.306 e. The van der Waals surface area contributed by atoms with Crippen molar-refractivity contribution in [2.45, 2.75) is 39.2 Å². The van der Waals surface area contributed by atoms with Crippen molar-refractivity contribution in [2.75, 3.05) is 13.1 Å². The molecule has 19 heavy (non-hydrogen) atoms. The van der Waals surface area contributed by atoms with E-state index in [2.05, 4.69) is 43.0 Å². The van der Waals surface area contributed by atoms with Crippen LogP contribution in [0.4, 0.5) is 0 Å². The Morgan fingerprint density at radius 2 is 1.84 bits per heavy atom. The summed E-state index contributed by atoms with van der Waals surface area (Å²) in [6.07, 6.45) is 1.55. The number of carboxylic acid groups (broad SMARTS) is 1. The molecule has 0 bridgehead atoms. The van der Waals surface area contributed by atoms with Crippen molar-refractivity contribution in [2.24, 2.45) is 5.92 Å². The molecule has 1 saturated heterocycles. The number of benzene rings is 1. The van der Waals surface area contributed by atoms with E-state index in [1.54, 1.807) is 0 Å². The maximum Gasteiger partial charge on any atom is 0.306 e. The van der Waals surface area contributed by atoms with Crippen LogP contribution in [0.2, 0.25) is 0 Å². The van der Waals surface area contributed by atoms with Gasteiger partial charge < -0.3 is 5.11 Å². The molecule has 1 aromatic rings. The summed E-state index contributed by atoms with van der Waals surface area (Å²) < 4.78 is 0. The Hall–Kier alpha value is -1.35. The summed E-state index contributed by atoms with van der Waals surface area (Å²) in [5, 5.41) is 8.98. The van der Waals surface area contributed by atoms with Crippen LogP contribution in [0.15, 0.2) is 24.3 Å². The molecule has 3 nitrogen and oxygen atoms in total. The molecule has 0 aromatic heterocycles. The first-order valence-corrected chi connectivity index (χ1v) is 7.10. The Balaban J connectivity index is 1.87. The zero-order valence-corrected chi connectivity index (χ0v) is 11.8. The van der Waals surface area contributed by atoms with Crippen molar-refractivity contribution >= 4 is 5.97 Å². The molecule has 1 fully saturated rings. The number of nitrogens with zero attached hydrogens (tertiary/aromatic N) is 1. The summed E-state index contributed by atoms with van der Waals surface area (Å²) in [6.45, 7) is 7.12. The Kier molecular flexibility index (Phi) is 4.59. The van der Waals surface area contributed by atoms with Crippen LogP contribution < -0.4 is 0 Å². The molecule has 0 saturated carbocycles. The van der Waals surface area contributed by atoms with E-state index >= 15 is 0 Å². The van der Waals surface area contributed by atoms with Crippen LogP contribution in [0.1, 0.15) is 43.7 Å². The fraction of sp³-hybridized carbons (Fsp3) is 0.562. The van der Waals surface area contributed by atoms with Gasteiger partial charge in [-0.05, 0) is 43.0 Å². The van der Waals surface area contributed by atoms with Gasteiger partial charge in [0, 0.05) is 6.54 Å². The lowest BCUT2D eigenvalue weighted by Crippen LogP contribution is -2.35. The van der Waals surface area contributed by atoms with Crippen LogP contribution >= 0.6 is 0 Å². The van der Waals surface area contributed by atoms with Crippen molar-refractivity contribution in [1.82, 2.24) is 4.90 Å². The molecule has 0 amide bonds. The van der Waals surface area contributed by atoms with Crippen LogP contribution in [0.3, 0.4) is 0 Å². The summed E-state index contributed by atoms with van der Waals surface area (Å²) in [5.74, 6) is -0.208. The van der Waals surface area contributed by atoms with E-state index in [1.165, 1.54) is 11.1 Å². The van der Waals surface area contributed by atoms with Crippen LogP contribution in [-0.4, -0.2) is 29.1 Å². The van der Waals surface area contributed by atoms with Crippen LogP contribution in [0.5, 0.6) is 0 Å². The minimum Gasteiger partial charge on any atom is -0.481 e. The van der Waals surface area contributed by atoms with Crippen molar-refractivity contribution in [3.63, 3.8) is 0 Å². The lowest BCUT2D eigenvalue weighted by atomic mass is 9.96.